The number of nitrogens with one attached hydrogen (secondary N) is 1. The molecule has 2 rings (SSSR count). The monoisotopic (exact) mass is 149 g/mol. The molecule has 0 bridgehead atoms. The molecule has 0 spiro atoms. The van der Waals surface area contributed by atoms with Crippen molar-refractivity contribution in [2.45, 2.75) is 6.04 Å². The first-order chi connectivity index (χ1) is 5.40. The third-order valence-electron chi connectivity index (χ3n) is 1.90. The fourth-order valence-electron chi connectivity index (χ4n) is 1.15. The van der Waals surface area contributed by atoms with Gasteiger partial charge in [0.2, 0.25) is 0 Å². The van der Waals surface area contributed by atoms with Crippen LogP contribution in [0.2, 0.25) is 0 Å². The standard InChI is InChI=1S/C9H11NO/c1-11-8-4-2-3-7(5-8)9-6-10-9/h2-5,9-10H,6H2,1H3. The molecule has 11 heavy (non-hydrogen) atoms. The fraction of sp³-hybridized carbons (Fsp3) is 0.333. The van der Waals surface area contributed by atoms with E-state index in [1.54, 1.807) is 7.11 Å². The summed E-state index contributed by atoms with van der Waals surface area (Å²) in [6, 6.07) is 8.75. The van der Waals surface area contributed by atoms with Gasteiger partial charge in [0.25, 0.3) is 0 Å². The van der Waals surface area contributed by atoms with Crippen molar-refractivity contribution in [3.05, 3.63) is 29.8 Å². The van der Waals surface area contributed by atoms with Crippen LogP contribution < -0.4 is 10.1 Å². The average Bonchev–Trinajstić information content (AvgIpc) is 2.87. The maximum absolute atomic E-state index is 5.11. The number of ether oxygens (including phenoxy) is 1. The summed E-state index contributed by atoms with van der Waals surface area (Å²) in [7, 11) is 1.69. The third-order valence-corrected chi connectivity index (χ3v) is 1.90. The van der Waals surface area contributed by atoms with E-state index >= 15 is 0 Å². The topological polar surface area (TPSA) is 31.2 Å². The van der Waals surface area contributed by atoms with Crippen LogP contribution in [0, 0.1) is 0 Å². The Morgan fingerprint density at radius 3 is 3.00 bits per heavy atom. The van der Waals surface area contributed by atoms with Gasteiger partial charge in [-0.25, -0.2) is 0 Å². The highest BCUT2D eigenvalue weighted by Gasteiger charge is 2.21. The van der Waals surface area contributed by atoms with Crippen LogP contribution >= 0.6 is 0 Å². The summed E-state index contributed by atoms with van der Waals surface area (Å²) < 4.78 is 5.11. The summed E-state index contributed by atoms with van der Waals surface area (Å²) in [5.41, 5.74) is 1.32. The fourth-order valence-corrected chi connectivity index (χ4v) is 1.15. The number of hydrogen-bond acceptors (Lipinski definition) is 2. The molecule has 0 saturated carbocycles. The van der Waals surface area contributed by atoms with Crippen LogP contribution in [0.15, 0.2) is 24.3 Å². The van der Waals surface area contributed by atoms with E-state index in [0.717, 1.165) is 12.3 Å². The Morgan fingerprint density at radius 1 is 1.55 bits per heavy atom. The lowest BCUT2D eigenvalue weighted by Crippen LogP contribution is -1.86. The van der Waals surface area contributed by atoms with Gasteiger partial charge in [0.1, 0.15) is 5.75 Å². The van der Waals surface area contributed by atoms with Crippen LogP contribution in [0.5, 0.6) is 5.75 Å². The zero-order valence-electron chi connectivity index (χ0n) is 6.50. The predicted molar refractivity (Wildman–Crippen MR) is 43.7 cm³/mol. The molecule has 1 aromatic carbocycles. The molecule has 1 saturated heterocycles. The highest BCUT2D eigenvalue weighted by atomic mass is 16.5. The molecular weight excluding hydrogens is 138 g/mol. The van der Waals surface area contributed by atoms with Gasteiger partial charge in [-0.3, -0.25) is 0 Å². The van der Waals surface area contributed by atoms with Gasteiger partial charge >= 0.3 is 0 Å². The Hall–Kier alpha value is -1.02. The highest BCUT2D eigenvalue weighted by molar-refractivity contribution is 5.32. The summed E-state index contributed by atoms with van der Waals surface area (Å²) in [6.07, 6.45) is 0. The van der Waals surface area contributed by atoms with Crippen molar-refractivity contribution in [1.82, 2.24) is 5.32 Å². The lowest BCUT2D eigenvalue weighted by molar-refractivity contribution is 0.414. The first-order valence-corrected chi connectivity index (χ1v) is 3.77. The van der Waals surface area contributed by atoms with Gasteiger partial charge in [0.05, 0.1) is 7.11 Å². The second-order valence-electron chi connectivity index (χ2n) is 2.74. The van der Waals surface area contributed by atoms with Gasteiger partial charge in [-0.2, -0.15) is 0 Å². The first kappa shape index (κ1) is 6.68. The molecule has 1 aliphatic heterocycles. The number of methoxy groups -OCH3 is 1. The maximum atomic E-state index is 5.11. The van der Waals surface area contributed by atoms with Gasteiger partial charge in [0.15, 0.2) is 0 Å². The van der Waals surface area contributed by atoms with E-state index < -0.39 is 0 Å². The first-order valence-electron chi connectivity index (χ1n) is 3.77. The largest absolute Gasteiger partial charge is 0.497 e. The molecule has 1 unspecified atom stereocenters. The van der Waals surface area contributed by atoms with E-state index in [0.29, 0.717) is 6.04 Å². The quantitative estimate of drug-likeness (QED) is 0.643. The molecule has 1 N–H and O–H groups in total. The number of rotatable bonds is 2. The van der Waals surface area contributed by atoms with Crippen LogP contribution in [0.25, 0.3) is 0 Å². The lowest BCUT2D eigenvalue weighted by atomic mass is 10.1. The molecule has 1 aromatic rings. The molecule has 0 aromatic heterocycles. The second kappa shape index (κ2) is 2.55. The van der Waals surface area contributed by atoms with E-state index in [1.165, 1.54) is 5.56 Å². The van der Waals surface area contributed by atoms with E-state index in [1.807, 2.05) is 12.1 Å². The minimum atomic E-state index is 0.574. The smallest absolute Gasteiger partial charge is 0.119 e. The molecule has 2 nitrogen and oxygen atoms in total. The van der Waals surface area contributed by atoms with Crippen molar-refractivity contribution in [3.8, 4) is 5.75 Å². The summed E-state index contributed by atoms with van der Waals surface area (Å²) in [4.78, 5) is 0. The normalized spacial score (nSPS) is 21.4. The van der Waals surface area contributed by atoms with Crippen molar-refractivity contribution >= 4 is 0 Å². The molecular formula is C9H11NO. The Bertz CT molecular complexity index is 255. The number of hydrogen-bond donors (Lipinski definition) is 1. The van der Waals surface area contributed by atoms with Gasteiger partial charge < -0.3 is 10.1 Å². The summed E-state index contributed by atoms with van der Waals surface area (Å²) in [5.74, 6) is 0.941. The highest BCUT2D eigenvalue weighted by Crippen LogP contribution is 2.24. The van der Waals surface area contributed by atoms with Crippen molar-refractivity contribution in [1.29, 1.82) is 0 Å². The molecule has 1 fully saturated rings. The molecule has 1 aliphatic rings. The molecule has 1 heterocycles. The lowest BCUT2D eigenvalue weighted by Gasteiger charge is -2.00. The van der Waals surface area contributed by atoms with Crippen LogP contribution in [-0.2, 0) is 0 Å². The van der Waals surface area contributed by atoms with Crippen molar-refractivity contribution in [2.75, 3.05) is 13.7 Å². The van der Waals surface area contributed by atoms with Crippen LogP contribution in [0.3, 0.4) is 0 Å². The molecule has 58 valence electrons. The van der Waals surface area contributed by atoms with E-state index in [4.69, 9.17) is 4.74 Å². The summed E-state index contributed by atoms with van der Waals surface area (Å²) >= 11 is 0. The predicted octanol–water partition coefficient (Wildman–Crippen LogP) is 1.34. The third kappa shape index (κ3) is 1.35. The summed E-state index contributed by atoms with van der Waals surface area (Å²) in [5, 5.41) is 3.25. The maximum Gasteiger partial charge on any atom is 0.119 e. The average molecular weight is 149 g/mol. The van der Waals surface area contributed by atoms with Gasteiger partial charge in [-0.1, -0.05) is 12.1 Å². The Balaban J connectivity index is 2.26. The van der Waals surface area contributed by atoms with Gasteiger partial charge in [-0.15, -0.1) is 0 Å². The SMILES string of the molecule is COc1cccc(C2CN2)c1. The van der Waals surface area contributed by atoms with Crippen LogP contribution in [0.1, 0.15) is 11.6 Å². The zero-order chi connectivity index (χ0) is 7.68. The molecule has 2 heteroatoms. The molecule has 0 amide bonds. The van der Waals surface area contributed by atoms with Crippen molar-refractivity contribution in [2.24, 2.45) is 0 Å². The molecule has 0 radical (unpaired) electrons. The van der Waals surface area contributed by atoms with E-state index in [2.05, 4.69) is 17.4 Å². The molecule has 0 aliphatic carbocycles. The Kier molecular flexibility index (Phi) is 1.55. The van der Waals surface area contributed by atoms with Gasteiger partial charge in [0, 0.05) is 12.6 Å². The Morgan fingerprint density at radius 2 is 2.36 bits per heavy atom. The van der Waals surface area contributed by atoms with Gasteiger partial charge in [-0.05, 0) is 17.7 Å². The minimum absolute atomic E-state index is 0.574. The van der Waals surface area contributed by atoms with E-state index in [9.17, 15) is 0 Å². The van der Waals surface area contributed by atoms with Crippen LogP contribution in [0.4, 0.5) is 0 Å². The zero-order valence-corrected chi connectivity index (χ0v) is 6.50. The van der Waals surface area contributed by atoms with Crippen LogP contribution in [-0.4, -0.2) is 13.7 Å². The summed E-state index contributed by atoms with van der Waals surface area (Å²) in [6.45, 7) is 1.10. The van der Waals surface area contributed by atoms with E-state index in [-0.39, 0.29) is 0 Å². The number of benzene rings is 1. The minimum Gasteiger partial charge on any atom is -0.497 e. The van der Waals surface area contributed by atoms with Crippen molar-refractivity contribution in [3.63, 3.8) is 0 Å². The molecule has 1 atom stereocenters. The van der Waals surface area contributed by atoms with Crippen molar-refractivity contribution < 1.29 is 4.74 Å². The second-order valence-corrected chi connectivity index (χ2v) is 2.74. The Labute approximate surface area is 66.2 Å².